The molecule has 2 bridgehead atoms. The zero-order valence-electron chi connectivity index (χ0n) is 16.8. The molecule has 3 heteroatoms. The van der Waals surface area contributed by atoms with Crippen molar-refractivity contribution in [2.45, 2.75) is 58.4 Å². The highest BCUT2D eigenvalue weighted by molar-refractivity contribution is 6.06. The van der Waals surface area contributed by atoms with Gasteiger partial charge in [0.2, 0.25) is 0 Å². The first-order valence-electron chi connectivity index (χ1n) is 10.7. The summed E-state index contributed by atoms with van der Waals surface area (Å²) in [5.74, 6) is 3.88. The van der Waals surface area contributed by atoms with Crippen LogP contribution in [-0.2, 0) is 11.3 Å². The molecule has 1 aromatic heterocycles. The molecule has 0 radical (unpaired) electrons. The van der Waals surface area contributed by atoms with Crippen molar-refractivity contribution >= 4 is 16.7 Å². The Kier molecular flexibility index (Phi) is 5.68. The zero-order valence-corrected chi connectivity index (χ0v) is 16.8. The Balaban J connectivity index is 1.37. The van der Waals surface area contributed by atoms with Crippen LogP contribution in [0.2, 0.25) is 0 Å². The number of benzene rings is 1. The molecule has 3 nitrogen and oxygen atoms in total. The minimum absolute atomic E-state index is 0.164. The maximum Gasteiger partial charge on any atom is 0.161 e. The number of fused-ring (bicyclic) bond motifs is 3. The van der Waals surface area contributed by atoms with E-state index in [0.717, 1.165) is 47.8 Å². The van der Waals surface area contributed by atoms with Gasteiger partial charge in [-0.2, -0.15) is 0 Å². The Labute approximate surface area is 163 Å². The Morgan fingerprint density at radius 2 is 1.89 bits per heavy atom. The number of aryl methyl sites for hydroxylation is 1. The van der Waals surface area contributed by atoms with Crippen LogP contribution in [0, 0.1) is 23.7 Å². The Hall–Kier alpha value is -1.61. The van der Waals surface area contributed by atoms with Crippen LogP contribution in [0.15, 0.2) is 30.5 Å². The fourth-order valence-electron chi connectivity index (χ4n) is 5.98. The van der Waals surface area contributed by atoms with E-state index in [1.807, 2.05) is 13.2 Å². The second-order valence-corrected chi connectivity index (χ2v) is 8.83. The first kappa shape index (κ1) is 18.7. The number of para-hydroxylation sites is 1. The molecule has 4 rings (SSSR count). The summed E-state index contributed by atoms with van der Waals surface area (Å²) in [6.45, 7) is 3.62. The molecular formula is C24H33NO2. The molecule has 2 saturated carbocycles. The summed E-state index contributed by atoms with van der Waals surface area (Å²) in [5, 5.41) is 1.10. The average molecular weight is 368 g/mol. The number of hydrogen-bond donors (Lipinski definition) is 0. The third-order valence-electron chi connectivity index (χ3n) is 7.23. The molecule has 2 atom stereocenters. The molecule has 2 unspecified atom stereocenters. The van der Waals surface area contributed by atoms with Gasteiger partial charge in [0.1, 0.15) is 0 Å². The van der Waals surface area contributed by atoms with Gasteiger partial charge in [-0.1, -0.05) is 18.2 Å². The number of Topliss-reactive ketones (excluding diaryl/α,β-unsaturated/α-hetero) is 1. The van der Waals surface area contributed by atoms with Gasteiger partial charge >= 0.3 is 0 Å². The highest BCUT2D eigenvalue weighted by atomic mass is 16.5. The SMILES string of the molecule is COCCC1CC2CCC(C1)C2CCCn1cc(C(C)=O)c2ccccc21. The number of nitrogens with zero attached hydrogens (tertiary/aromatic N) is 1. The van der Waals surface area contributed by atoms with Crippen molar-refractivity contribution in [3.8, 4) is 0 Å². The summed E-state index contributed by atoms with van der Waals surface area (Å²) >= 11 is 0. The Bertz CT molecular complexity index is 779. The van der Waals surface area contributed by atoms with E-state index >= 15 is 0 Å². The normalized spacial score (nSPS) is 27.3. The third-order valence-corrected chi connectivity index (χ3v) is 7.23. The van der Waals surface area contributed by atoms with Crippen molar-refractivity contribution < 1.29 is 9.53 Å². The maximum atomic E-state index is 12.0. The van der Waals surface area contributed by atoms with Gasteiger partial charge in [0, 0.05) is 42.9 Å². The van der Waals surface area contributed by atoms with E-state index in [1.165, 1.54) is 50.5 Å². The monoisotopic (exact) mass is 367 g/mol. The van der Waals surface area contributed by atoms with Crippen LogP contribution in [0.5, 0.6) is 0 Å². The number of ketones is 1. The lowest BCUT2D eigenvalue weighted by Crippen LogP contribution is -2.27. The summed E-state index contributed by atoms with van der Waals surface area (Å²) in [7, 11) is 1.82. The lowest BCUT2D eigenvalue weighted by atomic mass is 9.71. The predicted octanol–water partition coefficient (Wildman–Crippen LogP) is 5.71. The molecule has 0 spiro atoms. The summed E-state index contributed by atoms with van der Waals surface area (Å²) in [6.07, 6.45) is 11.6. The quantitative estimate of drug-likeness (QED) is 0.559. The van der Waals surface area contributed by atoms with Gasteiger partial charge in [-0.05, 0) is 81.6 Å². The molecule has 0 N–H and O–H groups in total. The van der Waals surface area contributed by atoms with Gasteiger partial charge < -0.3 is 9.30 Å². The van der Waals surface area contributed by atoms with E-state index in [0.29, 0.717) is 0 Å². The topological polar surface area (TPSA) is 31.2 Å². The largest absolute Gasteiger partial charge is 0.385 e. The van der Waals surface area contributed by atoms with E-state index in [-0.39, 0.29) is 5.78 Å². The van der Waals surface area contributed by atoms with Crippen LogP contribution in [-0.4, -0.2) is 24.1 Å². The second-order valence-electron chi connectivity index (χ2n) is 8.83. The highest BCUT2D eigenvalue weighted by Crippen LogP contribution is 2.51. The third kappa shape index (κ3) is 3.85. The van der Waals surface area contributed by atoms with Gasteiger partial charge in [0.25, 0.3) is 0 Å². The van der Waals surface area contributed by atoms with Crippen LogP contribution in [0.3, 0.4) is 0 Å². The van der Waals surface area contributed by atoms with Crippen molar-refractivity contribution in [2.75, 3.05) is 13.7 Å². The van der Waals surface area contributed by atoms with Gasteiger partial charge in [-0.3, -0.25) is 4.79 Å². The molecule has 2 aliphatic carbocycles. The Morgan fingerprint density at radius 1 is 1.15 bits per heavy atom. The number of ether oxygens (including phenoxy) is 1. The lowest BCUT2D eigenvalue weighted by Gasteiger charge is -2.35. The van der Waals surface area contributed by atoms with Crippen LogP contribution >= 0.6 is 0 Å². The van der Waals surface area contributed by atoms with Crippen LogP contribution in [0.4, 0.5) is 0 Å². The molecule has 2 aromatic rings. The fraction of sp³-hybridized carbons (Fsp3) is 0.625. The molecular weight excluding hydrogens is 334 g/mol. The fourth-order valence-corrected chi connectivity index (χ4v) is 5.98. The van der Waals surface area contributed by atoms with Gasteiger partial charge in [-0.15, -0.1) is 0 Å². The number of aromatic nitrogens is 1. The van der Waals surface area contributed by atoms with E-state index in [1.54, 1.807) is 6.92 Å². The molecule has 2 fully saturated rings. The number of carbonyl (C=O) groups is 1. The van der Waals surface area contributed by atoms with Crippen LogP contribution < -0.4 is 0 Å². The van der Waals surface area contributed by atoms with Crippen LogP contribution in [0.1, 0.15) is 62.2 Å². The summed E-state index contributed by atoms with van der Waals surface area (Å²) in [4.78, 5) is 12.0. The van der Waals surface area contributed by atoms with Crippen molar-refractivity contribution in [3.05, 3.63) is 36.0 Å². The molecule has 0 saturated heterocycles. The number of rotatable bonds is 8. The first-order chi connectivity index (χ1) is 13.2. The highest BCUT2D eigenvalue weighted by Gasteiger charge is 2.41. The summed E-state index contributed by atoms with van der Waals surface area (Å²) < 4.78 is 7.61. The number of carbonyl (C=O) groups excluding carboxylic acids is 1. The van der Waals surface area contributed by atoms with Gasteiger partial charge in [0.15, 0.2) is 5.78 Å². The minimum Gasteiger partial charge on any atom is -0.385 e. The second kappa shape index (κ2) is 8.18. The molecule has 0 amide bonds. The van der Waals surface area contributed by atoms with E-state index < -0.39 is 0 Å². The van der Waals surface area contributed by atoms with Crippen molar-refractivity contribution in [1.29, 1.82) is 0 Å². The lowest BCUT2D eigenvalue weighted by molar-refractivity contribution is 0.101. The molecule has 27 heavy (non-hydrogen) atoms. The van der Waals surface area contributed by atoms with Crippen molar-refractivity contribution in [1.82, 2.24) is 4.57 Å². The van der Waals surface area contributed by atoms with E-state index in [9.17, 15) is 4.79 Å². The first-order valence-corrected chi connectivity index (χ1v) is 10.7. The predicted molar refractivity (Wildman–Crippen MR) is 110 cm³/mol. The minimum atomic E-state index is 0.164. The molecule has 2 aliphatic rings. The standard InChI is InChI=1S/C24H33NO2/c1-17(26)23-16-25(24-8-4-3-6-22(23)24)12-5-7-21-19-9-10-20(21)15-18(14-19)11-13-27-2/h3-4,6,8,16,18-21H,5,7,9-15H2,1-2H3. The Morgan fingerprint density at radius 3 is 2.59 bits per heavy atom. The van der Waals surface area contributed by atoms with E-state index in [4.69, 9.17) is 4.74 Å². The molecule has 146 valence electrons. The summed E-state index contributed by atoms with van der Waals surface area (Å²) in [5.41, 5.74) is 2.07. The summed E-state index contributed by atoms with van der Waals surface area (Å²) in [6, 6.07) is 8.32. The zero-order chi connectivity index (χ0) is 18.8. The van der Waals surface area contributed by atoms with Gasteiger partial charge in [0.05, 0.1) is 0 Å². The molecule has 1 heterocycles. The molecule has 1 aromatic carbocycles. The van der Waals surface area contributed by atoms with Crippen molar-refractivity contribution in [3.63, 3.8) is 0 Å². The number of hydrogen-bond acceptors (Lipinski definition) is 2. The van der Waals surface area contributed by atoms with Crippen LogP contribution in [0.25, 0.3) is 10.9 Å². The molecule has 0 aliphatic heterocycles. The maximum absolute atomic E-state index is 12.0. The van der Waals surface area contributed by atoms with Gasteiger partial charge in [-0.25, -0.2) is 0 Å². The average Bonchev–Trinajstić information content (AvgIpc) is 3.15. The smallest absolute Gasteiger partial charge is 0.161 e. The number of methoxy groups -OCH3 is 1. The van der Waals surface area contributed by atoms with E-state index in [2.05, 4.69) is 29.0 Å². The van der Waals surface area contributed by atoms with Crippen molar-refractivity contribution in [2.24, 2.45) is 23.7 Å².